The number of amides is 1. The Kier molecular flexibility index (Phi) is 7.64. The first-order chi connectivity index (χ1) is 18.1. The van der Waals surface area contributed by atoms with Crippen molar-refractivity contribution >= 4 is 39.2 Å². The number of aliphatic hydroxyl groups is 2. The molecule has 0 spiro atoms. The van der Waals surface area contributed by atoms with Crippen LogP contribution in [0.5, 0.6) is 0 Å². The van der Waals surface area contributed by atoms with Gasteiger partial charge in [0.2, 0.25) is 5.95 Å². The number of piperazine rings is 1. The van der Waals surface area contributed by atoms with Crippen molar-refractivity contribution < 1.29 is 15.0 Å². The van der Waals surface area contributed by atoms with Gasteiger partial charge in [0.05, 0.1) is 18.1 Å². The Labute approximate surface area is 220 Å². The monoisotopic (exact) mass is 517 g/mol. The lowest BCUT2D eigenvalue weighted by Gasteiger charge is -2.35. The number of hydrogen-bond acceptors (Lipinski definition) is 8. The van der Waals surface area contributed by atoms with Crippen LogP contribution in [-0.2, 0) is 6.42 Å². The first kappa shape index (κ1) is 25.1. The topological polar surface area (TPSA) is 102 Å². The highest BCUT2D eigenvalue weighted by Crippen LogP contribution is 2.33. The van der Waals surface area contributed by atoms with E-state index in [0.717, 1.165) is 33.6 Å². The van der Waals surface area contributed by atoms with Crippen LogP contribution in [0.3, 0.4) is 0 Å². The highest BCUT2D eigenvalue weighted by Gasteiger charge is 2.25. The summed E-state index contributed by atoms with van der Waals surface area (Å²) in [7, 11) is 0. The predicted molar refractivity (Wildman–Crippen MR) is 148 cm³/mol. The lowest BCUT2D eigenvalue weighted by atomic mass is 10.0. The SMILES string of the molecule is CCc1cc2c(N3CCN(C(=O)c4cccc(-c5ccccc5)c4)CC3)nc(NC[C@@H](O)CO)nc2s1. The van der Waals surface area contributed by atoms with Crippen LogP contribution in [0.4, 0.5) is 11.8 Å². The molecule has 0 bridgehead atoms. The number of rotatable bonds is 8. The Morgan fingerprint density at radius 2 is 1.78 bits per heavy atom. The van der Waals surface area contributed by atoms with Gasteiger partial charge < -0.3 is 25.3 Å². The molecule has 0 unspecified atom stereocenters. The Morgan fingerprint density at radius 3 is 2.51 bits per heavy atom. The molecule has 1 saturated heterocycles. The number of aryl methyl sites for hydroxylation is 1. The number of nitrogens with one attached hydrogen (secondary N) is 1. The van der Waals surface area contributed by atoms with Gasteiger partial charge in [-0.1, -0.05) is 49.4 Å². The summed E-state index contributed by atoms with van der Waals surface area (Å²) in [5, 5.41) is 22.9. The molecule has 1 amide bonds. The van der Waals surface area contributed by atoms with Crippen molar-refractivity contribution in [1.29, 1.82) is 0 Å². The number of benzene rings is 2. The summed E-state index contributed by atoms with van der Waals surface area (Å²) < 4.78 is 0. The average Bonchev–Trinajstić information content (AvgIpc) is 3.39. The van der Waals surface area contributed by atoms with Crippen molar-refractivity contribution in [3.63, 3.8) is 0 Å². The Bertz CT molecular complexity index is 1370. The maximum Gasteiger partial charge on any atom is 0.253 e. The molecule has 1 aliphatic rings. The van der Waals surface area contributed by atoms with Crippen LogP contribution in [0.25, 0.3) is 21.3 Å². The minimum Gasteiger partial charge on any atom is -0.394 e. The highest BCUT2D eigenvalue weighted by atomic mass is 32.1. The first-order valence-corrected chi connectivity index (χ1v) is 13.4. The van der Waals surface area contributed by atoms with Crippen molar-refractivity contribution in [2.45, 2.75) is 19.4 Å². The van der Waals surface area contributed by atoms with Gasteiger partial charge in [-0.05, 0) is 35.7 Å². The lowest BCUT2D eigenvalue weighted by molar-refractivity contribution is 0.0746. The van der Waals surface area contributed by atoms with E-state index >= 15 is 0 Å². The van der Waals surface area contributed by atoms with Gasteiger partial charge in [0.1, 0.15) is 10.6 Å². The Balaban J connectivity index is 1.32. The molecule has 1 atom stereocenters. The molecule has 2 aromatic heterocycles. The van der Waals surface area contributed by atoms with Crippen molar-refractivity contribution in [3.8, 4) is 11.1 Å². The zero-order valence-electron chi connectivity index (χ0n) is 20.8. The maximum absolute atomic E-state index is 13.3. The fraction of sp³-hybridized carbons (Fsp3) is 0.321. The number of aliphatic hydroxyl groups excluding tert-OH is 2. The van der Waals surface area contributed by atoms with Gasteiger partial charge in [0.25, 0.3) is 5.91 Å². The molecule has 1 fully saturated rings. The lowest BCUT2D eigenvalue weighted by Crippen LogP contribution is -2.49. The summed E-state index contributed by atoms with van der Waals surface area (Å²) in [6.45, 7) is 4.46. The fourth-order valence-electron chi connectivity index (χ4n) is 4.49. The molecule has 0 aliphatic carbocycles. The quantitative estimate of drug-likeness (QED) is 0.328. The van der Waals surface area contributed by atoms with Gasteiger partial charge in [-0.3, -0.25) is 4.79 Å². The molecule has 8 nitrogen and oxygen atoms in total. The average molecular weight is 518 g/mol. The van der Waals surface area contributed by atoms with Crippen LogP contribution in [0.2, 0.25) is 0 Å². The van der Waals surface area contributed by atoms with Gasteiger partial charge in [-0.2, -0.15) is 4.98 Å². The number of thiophene rings is 1. The van der Waals surface area contributed by atoms with Crippen LogP contribution < -0.4 is 10.2 Å². The van der Waals surface area contributed by atoms with Crippen molar-refractivity contribution in [3.05, 3.63) is 71.1 Å². The van der Waals surface area contributed by atoms with Gasteiger partial charge in [-0.25, -0.2) is 4.98 Å². The summed E-state index contributed by atoms with van der Waals surface area (Å²) in [5.41, 5.74) is 2.82. The summed E-state index contributed by atoms with van der Waals surface area (Å²) in [4.78, 5) is 29.0. The summed E-state index contributed by atoms with van der Waals surface area (Å²) in [5.74, 6) is 1.30. The molecule has 0 saturated carbocycles. The van der Waals surface area contributed by atoms with Gasteiger partial charge in [-0.15, -0.1) is 11.3 Å². The minimum absolute atomic E-state index is 0.0365. The zero-order valence-corrected chi connectivity index (χ0v) is 21.6. The summed E-state index contributed by atoms with van der Waals surface area (Å²) in [6, 6.07) is 20.0. The van der Waals surface area contributed by atoms with Crippen LogP contribution in [0, 0.1) is 0 Å². The van der Waals surface area contributed by atoms with Gasteiger partial charge in [0.15, 0.2) is 0 Å². The number of carbonyl (C=O) groups is 1. The van der Waals surface area contributed by atoms with Crippen LogP contribution in [-0.4, -0.2) is 76.4 Å². The molecule has 5 rings (SSSR count). The largest absolute Gasteiger partial charge is 0.394 e. The van der Waals surface area contributed by atoms with Crippen molar-refractivity contribution in [2.24, 2.45) is 0 Å². The number of anilines is 2. The Morgan fingerprint density at radius 1 is 1.03 bits per heavy atom. The van der Waals surface area contributed by atoms with Gasteiger partial charge in [0, 0.05) is 43.2 Å². The third-order valence-corrected chi connectivity index (χ3v) is 7.73. The third-order valence-electron chi connectivity index (χ3n) is 6.56. The van der Waals surface area contributed by atoms with E-state index in [1.165, 1.54) is 4.88 Å². The molecule has 3 N–H and O–H groups in total. The summed E-state index contributed by atoms with van der Waals surface area (Å²) in [6.07, 6.45) is 0.0313. The molecule has 37 heavy (non-hydrogen) atoms. The maximum atomic E-state index is 13.3. The minimum atomic E-state index is -0.882. The van der Waals surface area contributed by atoms with Crippen molar-refractivity contribution in [2.75, 3.05) is 49.5 Å². The second-order valence-electron chi connectivity index (χ2n) is 9.10. The van der Waals surface area contributed by atoms with E-state index < -0.39 is 6.10 Å². The molecular formula is C28H31N5O3S. The predicted octanol–water partition coefficient (Wildman–Crippen LogP) is 3.65. The first-order valence-electron chi connectivity index (χ1n) is 12.6. The van der Waals surface area contributed by atoms with E-state index in [4.69, 9.17) is 10.1 Å². The van der Waals surface area contributed by atoms with E-state index in [0.29, 0.717) is 37.7 Å². The summed E-state index contributed by atoms with van der Waals surface area (Å²) >= 11 is 1.64. The zero-order chi connectivity index (χ0) is 25.8. The molecule has 192 valence electrons. The number of nitrogens with zero attached hydrogens (tertiary/aromatic N) is 4. The second kappa shape index (κ2) is 11.2. The van der Waals surface area contributed by atoms with E-state index in [1.54, 1.807) is 11.3 Å². The van der Waals surface area contributed by atoms with E-state index in [-0.39, 0.29) is 19.1 Å². The normalized spacial score (nSPS) is 14.7. The van der Waals surface area contributed by atoms with Crippen LogP contribution in [0.1, 0.15) is 22.2 Å². The van der Waals surface area contributed by atoms with Gasteiger partial charge >= 0.3 is 0 Å². The Hall–Kier alpha value is -3.53. The molecule has 9 heteroatoms. The van der Waals surface area contributed by atoms with E-state index in [9.17, 15) is 9.90 Å². The van der Waals surface area contributed by atoms with Crippen LogP contribution in [0.15, 0.2) is 60.7 Å². The number of hydrogen-bond donors (Lipinski definition) is 3. The fourth-order valence-corrected chi connectivity index (χ4v) is 5.45. The second-order valence-corrected chi connectivity index (χ2v) is 10.2. The molecule has 0 radical (unpaired) electrons. The molecular weight excluding hydrogens is 486 g/mol. The van der Waals surface area contributed by atoms with E-state index in [1.807, 2.05) is 59.5 Å². The molecule has 2 aromatic carbocycles. The highest BCUT2D eigenvalue weighted by molar-refractivity contribution is 7.18. The number of fused-ring (bicyclic) bond motifs is 1. The standard InChI is InChI=1S/C28H31N5O3S/c1-2-23-16-24-25(30-28(31-26(24)37-23)29-17-22(35)18-34)32-11-13-33(14-12-32)27(36)21-10-6-9-20(15-21)19-7-4-3-5-8-19/h3-10,15-16,22,34-35H,2,11-14,17-18H2,1H3,(H,29,30,31)/t22-/m1/s1. The third kappa shape index (κ3) is 5.58. The smallest absolute Gasteiger partial charge is 0.253 e. The number of carbonyl (C=O) groups excluding carboxylic acids is 1. The molecule has 3 heterocycles. The molecule has 1 aliphatic heterocycles. The van der Waals surface area contributed by atoms with Crippen molar-refractivity contribution in [1.82, 2.24) is 14.9 Å². The van der Waals surface area contributed by atoms with Crippen LogP contribution >= 0.6 is 11.3 Å². The number of aromatic nitrogens is 2. The molecule has 4 aromatic rings. The van der Waals surface area contributed by atoms with E-state index in [2.05, 4.69) is 28.2 Å².